The Morgan fingerprint density at radius 2 is 0.727 bits per heavy atom. The average Bonchev–Trinajstić information content (AvgIpc) is 2.45. The Labute approximate surface area is 129 Å². The predicted molar refractivity (Wildman–Crippen MR) is 73.5 cm³/mol. The summed E-state index contributed by atoms with van der Waals surface area (Å²) in [7, 11) is 0. The normalized spacial score (nSPS) is 10.3. The van der Waals surface area contributed by atoms with Crippen LogP contribution in [0.25, 0.3) is 0 Å². The van der Waals surface area contributed by atoms with E-state index in [1.807, 2.05) is 0 Å². The number of carbonyl (C=O) groups is 4. The van der Waals surface area contributed by atoms with Crippen LogP contribution in [0.3, 0.4) is 0 Å². The van der Waals surface area contributed by atoms with E-state index >= 15 is 0 Å². The Morgan fingerprint density at radius 1 is 0.545 bits per heavy atom. The molecular formula is C14H22O8. The summed E-state index contributed by atoms with van der Waals surface area (Å²) in [5, 5.41) is 0. The number of hydrogen-bond donors (Lipinski definition) is 0. The summed E-state index contributed by atoms with van der Waals surface area (Å²) < 4.78 is 19.0. The highest BCUT2D eigenvalue weighted by molar-refractivity contribution is 6.07. The summed E-state index contributed by atoms with van der Waals surface area (Å²) >= 11 is 0. The van der Waals surface area contributed by atoms with Crippen molar-refractivity contribution in [2.45, 2.75) is 27.7 Å². The minimum Gasteiger partial charge on any atom is -0.465 e. The van der Waals surface area contributed by atoms with Crippen molar-refractivity contribution in [3.63, 3.8) is 0 Å². The molecule has 0 aromatic carbocycles. The SMILES string of the molecule is CCOC(=O)C(C(=O)OCC)C(C(=O)OCC)C(=O)OCC. The van der Waals surface area contributed by atoms with Crippen LogP contribution in [-0.4, -0.2) is 50.3 Å². The molecule has 0 aliphatic rings. The van der Waals surface area contributed by atoms with E-state index in [1.165, 1.54) is 27.7 Å². The van der Waals surface area contributed by atoms with Crippen LogP contribution in [-0.2, 0) is 38.1 Å². The van der Waals surface area contributed by atoms with Crippen LogP contribution >= 0.6 is 0 Å². The first-order valence-electron chi connectivity index (χ1n) is 7.10. The Morgan fingerprint density at radius 3 is 0.864 bits per heavy atom. The lowest BCUT2D eigenvalue weighted by Gasteiger charge is -2.21. The summed E-state index contributed by atoms with van der Waals surface area (Å²) in [4.78, 5) is 47.9. The second-order valence-corrected chi connectivity index (χ2v) is 3.96. The van der Waals surface area contributed by atoms with Gasteiger partial charge in [-0.05, 0) is 27.7 Å². The number of ether oxygens (including phenoxy) is 4. The van der Waals surface area contributed by atoms with E-state index in [1.54, 1.807) is 0 Å². The van der Waals surface area contributed by atoms with Crippen LogP contribution in [0.4, 0.5) is 0 Å². The van der Waals surface area contributed by atoms with Crippen LogP contribution in [0.5, 0.6) is 0 Å². The third kappa shape index (κ3) is 5.71. The van der Waals surface area contributed by atoms with Gasteiger partial charge in [0, 0.05) is 0 Å². The molecule has 0 aromatic rings. The Bertz CT molecular complexity index is 330. The van der Waals surface area contributed by atoms with E-state index in [4.69, 9.17) is 18.9 Å². The summed E-state index contributed by atoms with van der Waals surface area (Å²) in [6.45, 7) is 6.04. The fourth-order valence-corrected chi connectivity index (χ4v) is 1.66. The predicted octanol–water partition coefficient (Wildman–Crippen LogP) is 0.471. The smallest absolute Gasteiger partial charge is 0.321 e. The first kappa shape index (κ1) is 19.9. The Kier molecular flexibility index (Phi) is 9.56. The molecule has 0 spiro atoms. The lowest BCUT2D eigenvalue weighted by molar-refractivity contribution is -0.179. The zero-order chi connectivity index (χ0) is 17.1. The van der Waals surface area contributed by atoms with Crippen molar-refractivity contribution < 1.29 is 38.1 Å². The summed E-state index contributed by atoms with van der Waals surface area (Å²) in [5.41, 5.74) is 0. The van der Waals surface area contributed by atoms with E-state index in [0.29, 0.717) is 0 Å². The van der Waals surface area contributed by atoms with Crippen molar-refractivity contribution in [2.24, 2.45) is 11.8 Å². The minimum absolute atomic E-state index is 0.0207. The van der Waals surface area contributed by atoms with Crippen LogP contribution in [0.15, 0.2) is 0 Å². The highest BCUT2D eigenvalue weighted by atomic mass is 16.6. The fourth-order valence-electron chi connectivity index (χ4n) is 1.66. The molecule has 8 heteroatoms. The molecule has 0 heterocycles. The van der Waals surface area contributed by atoms with E-state index in [9.17, 15) is 19.2 Å². The van der Waals surface area contributed by atoms with Crippen LogP contribution in [0.1, 0.15) is 27.7 Å². The van der Waals surface area contributed by atoms with E-state index < -0.39 is 35.7 Å². The highest BCUT2D eigenvalue weighted by Gasteiger charge is 2.48. The average molecular weight is 318 g/mol. The van der Waals surface area contributed by atoms with E-state index in [2.05, 4.69) is 0 Å². The molecule has 0 fully saturated rings. The van der Waals surface area contributed by atoms with Gasteiger partial charge < -0.3 is 18.9 Å². The maximum atomic E-state index is 12.0. The largest absolute Gasteiger partial charge is 0.465 e. The number of rotatable bonds is 9. The second kappa shape index (κ2) is 10.6. The third-order valence-electron chi connectivity index (χ3n) is 2.50. The molecule has 0 radical (unpaired) electrons. The zero-order valence-electron chi connectivity index (χ0n) is 13.2. The molecule has 22 heavy (non-hydrogen) atoms. The van der Waals surface area contributed by atoms with Crippen LogP contribution < -0.4 is 0 Å². The third-order valence-corrected chi connectivity index (χ3v) is 2.50. The van der Waals surface area contributed by atoms with Gasteiger partial charge >= 0.3 is 23.9 Å². The van der Waals surface area contributed by atoms with Crippen molar-refractivity contribution in [1.29, 1.82) is 0 Å². The molecule has 0 aromatic heterocycles. The maximum Gasteiger partial charge on any atom is 0.321 e. The zero-order valence-corrected chi connectivity index (χ0v) is 13.2. The molecule has 0 amide bonds. The topological polar surface area (TPSA) is 105 Å². The Balaban J connectivity index is 5.59. The van der Waals surface area contributed by atoms with Gasteiger partial charge in [-0.2, -0.15) is 0 Å². The number of hydrogen-bond acceptors (Lipinski definition) is 8. The van der Waals surface area contributed by atoms with Gasteiger partial charge in [0.1, 0.15) is 0 Å². The molecule has 0 aliphatic heterocycles. The van der Waals surface area contributed by atoms with Gasteiger partial charge in [0.2, 0.25) is 0 Å². The van der Waals surface area contributed by atoms with Gasteiger partial charge in [-0.25, -0.2) is 0 Å². The molecule has 0 rings (SSSR count). The lowest BCUT2D eigenvalue weighted by Crippen LogP contribution is -2.44. The molecule has 0 bridgehead atoms. The monoisotopic (exact) mass is 318 g/mol. The molecule has 0 aliphatic carbocycles. The lowest BCUT2D eigenvalue weighted by atomic mass is 9.92. The highest BCUT2D eigenvalue weighted by Crippen LogP contribution is 2.20. The molecule has 8 nitrogen and oxygen atoms in total. The number of esters is 4. The fraction of sp³-hybridized carbons (Fsp3) is 0.714. The van der Waals surface area contributed by atoms with E-state index in [-0.39, 0.29) is 26.4 Å². The van der Waals surface area contributed by atoms with Crippen molar-refractivity contribution >= 4 is 23.9 Å². The van der Waals surface area contributed by atoms with Crippen LogP contribution in [0, 0.1) is 11.8 Å². The van der Waals surface area contributed by atoms with Crippen LogP contribution in [0.2, 0.25) is 0 Å². The quantitative estimate of drug-likeness (QED) is 0.343. The van der Waals surface area contributed by atoms with Gasteiger partial charge in [-0.1, -0.05) is 0 Å². The van der Waals surface area contributed by atoms with E-state index in [0.717, 1.165) is 0 Å². The van der Waals surface area contributed by atoms with Gasteiger partial charge in [0.15, 0.2) is 11.8 Å². The van der Waals surface area contributed by atoms with Crippen molar-refractivity contribution in [1.82, 2.24) is 0 Å². The van der Waals surface area contributed by atoms with Crippen molar-refractivity contribution in [2.75, 3.05) is 26.4 Å². The molecule has 0 unspecified atom stereocenters. The van der Waals surface area contributed by atoms with Gasteiger partial charge in [-0.15, -0.1) is 0 Å². The molecular weight excluding hydrogens is 296 g/mol. The van der Waals surface area contributed by atoms with Crippen molar-refractivity contribution in [3.8, 4) is 0 Å². The van der Waals surface area contributed by atoms with Gasteiger partial charge in [-0.3, -0.25) is 19.2 Å². The minimum atomic E-state index is -1.75. The molecule has 0 atom stereocenters. The summed E-state index contributed by atoms with van der Waals surface area (Å²) in [6.07, 6.45) is 0. The number of carbonyl (C=O) groups excluding carboxylic acids is 4. The second-order valence-electron chi connectivity index (χ2n) is 3.96. The maximum absolute atomic E-state index is 12.0. The van der Waals surface area contributed by atoms with Gasteiger partial charge in [0.05, 0.1) is 26.4 Å². The molecule has 0 N–H and O–H groups in total. The van der Waals surface area contributed by atoms with Crippen molar-refractivity contribution in [3.05, 3.63) is 0 Å². The molecule has 126 valence electrons. The van der Waals surface area contributed by atoms with Gasteiger partial charge in [0.25, 0.3) is 0 Å². The first-order valence-corrected chi connectivity index (χ1v) is 7.10. The molecule has 0 saturated carbocycles. The summed E-state index contributed by atoms with van der Waals surface area (Å²) in [5.74, 6) is -7.64. The standard InChI is InChI=1S/C14H22O8/c1-5-19-11(15)9(12(16)20-6-2)10(13(17)21-7-3)14(18)22-8-4/h9-10H,5-8H2,1-4H3. The Hall–Kier alpha value is -2.12. The summed E-state index contributed by atoms with van der Waals surface area (Å²) in [6, 6.07) is 0. The first-order chi connectivity index (χ1) is 10.4. The molecule has 0 saturated heterocycles.